The molecule has 2 aromatic carbocycles. The van der Waals surface area contributed by atoms with Crippen LogP contribution in [-0.2, 0) is 0 Å². The summed E-state index contributed by atoms with van der Waals surface area (Å²) in [5, 5.41) is 0. The Balaban J connectivity index is 1.59. The van der Waals surface area contributed by atoms with E-state index < -0.39 is 0 Å². The first-order chi connectivity index (χ1) is 11.7. The van der Waals surface area contributed by atoms with Gasteiger partial charge in [-0.15, -0.1) is 0 Å². The van der Waals surface area contributed by atoms with Gasteiger partial charge in [-0.1, -0.05) is 108 Å². The van der Waals surface area contributed by atoms with Crippen LogP contribution >= 0.6 is 47.0 Å². The van der Waals surface area contributed by atoms with Crippen molar-refractivity contribution in [1.29, 1.82) is 0 Å². The molecule has 0 radical (unpaired) electrons. The van der Waals surface area contributed by atoms with Crippen LogP contribution in [0.15, 0.2) is 78.9 Å². The Morgan fingerprint density at radius 2 is 0.875 bits per heavy atom. The van der Waals surface area contributed by atoms with E-state index in [1.807, 2.05) is 47.0 Å². The first kappa shape index (κ1) is 16.5. The Morgan fingerprint density at radius 3 is 1.25 bits per heavy atom. The Bertz CT molecular complexity index is 788. The van der Waals surface area contributed by atoms with E-state index >= 15 is 0 Å². The van der Waals surface area contributed by atoms with Crippen molar-refractivity contribution in [3.05, 3.63) is 90.1 Å². The van der Waals surface area contributed by atoms with Crippen molar-refractivity contribution in [2.24, 2.45) is 0 Å². The van der Waals surface area contributed by atoms with Crippen molar-refractivity contribution in [3.63, 3.8) is 0 Å². The lowest BCUT2D eigenvalue weighted by atomic mass is 10.2. The molecule has 0 aliphatic carbocycles. The predicted molar refractivity (Wildman–Crippen MR) is 115 cm³/mol. The van der Waals surface area contributed by atoms with E-state index in [0.717, 1.165) is 0 Å². The third-order valence-electron chi connectivity index (χ3n) is 3.76. The van der Waals surface area contributed by atoms with Crippen molar-refractivity contribution in [2.75, 3.05) is 0 Å². The third kappa shape index (κ3) is 3.25. The van der Waals surface area contributed by atoms with Gasteiger partial charge >= 0.3 is 0 Å². The van der Waals surface area contributed by atoms with Crippen molar-refractivity contribution < 1.29 is 0 Å². The Kier molecular flexibility index (Phi) is 4.90. The smallest absolute Gasteiger partial charge is 0.0703 e. The lowest BCUT2D eigenvalue weighted by Crippen LogP contribution is -1.77. The maximum absolute atomic E-state index is 2.23. The zero-order chi connectivity index (χ0) is 16.5. The summed E-state index contributed by atoms with van der Waals surface area (Å²) in [7, 11) is 0. The number of benzene rings is 2. The van der Waals surface area contributed by atoms with Gasteiger partial charge in [0.2, 0.25) is 0 Å². The van der Waals surface area contributed by atoms with E-state index in [2.05, 4.69) is 74.5 Å². The van der Waals surface area contributed by atoms with Crippen LogP contribution in [0, 0.1) is 0 Å². The van der Waals surface area contributed by atoms with Crippen molar-refractivity contribution in [1.82, 2.24) is 0 Å². The van der Waals surface area contributed by atoms with Crippen LogP contribution in [-0.4, -0.2) is 0 Å². The Labute approximate surface area is 160 Å². The van der Waals surface area contributed by atoms with Gasteiger partial charge in [0.15, 0.2) is 0 Å². The van der Waals surface area contributed by atoms with E-state index in [1.54, 1.807) is 0 Å². The summed E-state index contributed by atoms with van der Waals surface area (Å²) in [6, 6.07) is 21.4. The van der Waals surface area contributed by atoms with E-state index in [-0.39, 0.29) is 0 Å². The number of rotatable bonds is 2. The SMILES string of the molecule is CC1=C(c2ccccc2)S/C(=C2\SC(C)=C(c3ccccc3)S2)S1. The molecule has 0 amide bonds. The minimum absolute atomic E-state index is 1.32. The minimum Gasteiger partial charge on any atom is -0.0845 e. The van der Waals surface area contributed by atoms with Crippen molar-refractivity contribution >= 4 is 56.9 Å². The van der Waals surface area contributed by atoms with Gasteiger partial charge in [-0.05, 0) is 25.0 Å². The molecule has 0 atom stereocenters. The molecule has 0 saturated heterocycles. The topological polar surface area (TPSA) is 0 Å². The van der Waals surface area contributed by atoms with Gasteiger partial charge in [0.1, 0.15) is 0 Å². The second kappa shape index (κ2) is 7.12. The summed E-state index contributed by atoms with van der Waals surface area (Å²) in [5.41, 5.74) is 2.65. The normalized spacial score (nSPS) is 21.1. The summed E-state index contributed by atoms with van der Waals surface area (Å²) in [5.74, 6) is 0. The highest BCUT2D eigenvalue weighted by atomic mass is 32.2. The lowest BCUT2D eigenvalue weighted by molar-refractivity contribution is 1.62. The molecule has 2 aliphatic rings. The van der Waals surface area contributed by atoms with Gasteiger partial charge in [0.05, 0.1) is 8.47 Å². The van der Waals surface area contributed by atoms with Crippen LogP contribution in [0.25, 0.3) is 9.81 Å². The predicted octanol–water partition coefficient (Wildman–Crippen LogP) is 7.85. The molecule has 24 heavy (non-hydrogen) atoms. The van der Waals surface area contributed by atoms with Crippen LogP contribution in [0.5, 0.6) is 0 Å². The van der Waals surface area contributed by atoms with E-state index in [4.69, 9.17) is 0 Å². The molecule has 0 nitrogen and oxygen atoms in total. The fourth-order valence-electron chi connectivity index (χ4n) is 2.61. The van der Waals surface area contributed by atoms with Crippen molar-refractivity contribution in [2.45, 2.75) is 13.8 Å². The van der Waals surface area contributed by atoms with Gasteiger partial charge in [-0.25, -0.2) is 0 Å². The summed E-state index contributed by atoms with van der Waals surface area (Å²) < 4.78 is 2.85. The number of thioether (sulfide) groups is 4. The Morgan fingerprint density at radius 1 is 0.500 bits per heavy atom. The van der Waals surface area contributed by atoms with E-state index in [0.29, 0.717) is 0 Å². The summed E-state index contributed by atoms with van der Waals surface area (Å²) in [6.45, 7) is 4.46. The Hall–Kier alpha value is -0.940. The minimum atomic E-state index is 1.32. The molecular weight excluding hydrogens is 368 g/mol. The first-order valence-corrected chi connectivity index (χ1v) is 11.0. The van der Waals surface area contributed by atoms with Gasteiger partial charge in [0, 0.05) is 19.6 Å². The molecule has 0 spiro atoms. The first-order valence-electron chi connectivity index (χ1n) is 7.70. The molecule has 0 unspecified atom stereocenters. The van der Waals surface area contributed by atoms with Crippen LogP contribution in [0.2, 0.25) is 0 Å². The van der Waals surface area contributed by atoms with Gasteiger partial charge in [-0.3, -0.25) is 0 Å². The van der Waals surface area contributed by atoms with Crippen LogP contribution in [0.4, 0.5) is 0 Å². The number of allylic oxidation sites excluding steroid dienone is 2. The number of hydrogen-bond acceptors (Lipinski definition) is 4. The average molecular weight is 385 g/mol. The second-order valence-electron chi connectivity index (χ2n) is 5.49. The highest BCUT2D eigenvalue weighted by molar-refractivity contribution is 8.37. The summed E-state index contributed by atoms with van der Waals surface area (Å²) in [6.07, 6.45) is 0. The third-order valence-corrected chi connectivity index (χ3v) is 9.61. The highest BCUT2D eigenvalue weighted by Crippen LogP contribution is 2.62. The molecule has 0 bridgehead atoms. The molecule has 0 saturated carbocycles. The van der Waals surface area contributed by atoms with Gasteiger partial charge in [0.25, 0.3) is 0 Å². The fraction of sp³-hybridized carbons (Fsp3) is 0.100. The molecule has 4 heteroatoms. The number of hydrogen-bond donors (Lipinski definition) is 0. The molecule has 2 heterocycles. The molecule has 0 aromatic heterocycles. The quantitative estimate of drug-likeness (QED) is 0.516. The molecular formula is C20H16S4. The van der Waals surface area contributed by atoms with Gasteiger partial charge in [-0.2, -0.15) is 0 Å². The molecule has 4 rings (SSSR count). The van der Waals surface area contributed by atoms with Crippen LogP contribution < -0.4 is 0 Å². The monoisotopic (exact) mass is 384 g/mol. The van der Waals surface area contributed by atoms with E-state index in [9.17, 15) is 0 Å². The molecule has 2 aliphatic heterocycles. The summed E-state index contributed by atoms with van der Waals surface area (Å²) in [4.78, 5) is 5.60. The standard InChI is InChI=1S/C20H16S4/c1-13-17(15-9-5-3-6-10-15)23-19(21-13)20-22-14(2)18(24-20)16-11-7-4-8-12-16/h3-12H,1-2H3/b20-19+. The molecule has 120 valence electrons. The lowest BCUT2D eigenvalue weighted by Gasteiger charge is -2.04. The van der Waals surface area contributed by atoms with Crippen molar-refractivity contribution in [3.8, 4) is 0 Å². The maximum Gasteiger partial charge on any atom is 0.0703 e. The molecule has 0 N–H and O–H groups in total. The molecule has 0 fully saturated rings. The second-order valence-corrected chi connectivity index (χ2v) is 10.5. The van der Waals surface area contributed by atoms with E-state index in [1.165, 1.54) is 39.2 Å². The van der Waals surface area contributed by atoms with Crippen LogP contribution in [0.1, 0.15) is 25.0 Å². The largest absolute Gasteiger partial charge is 0.0845 e. The zero-order valence-corrected chi connectivity index (χ0v) is 16.7. The summed E-state index contributed by atoms with van der Waals surface area (Å²) >= 11 is 7.68. The average Bonchev–Trinajstić information content (AvgIpc) is 3.19. The maximum atomic E-state index is 2.23. The van der Waals surface area contributed by atoms with Crippen LogP contribution in [0.3, 0.4) is 0 Å². The highest BCUT2D eigenvalue weighted by Gasteiger charge is 2.28. The fourth-order valence-corrected chi connectivity index (χ4v) is 8.17. The zero-order valence-electron chi connectivity index (χ0n) is 13.4. The van der Waals surface area contributed by atoms with Gasteiger partial charge < -0.3 is 0 Å². The molecule has 2 aromatic rings.